The molecule has 2 rings (SSSR count). The molecule has 28 heavy (non-hydrogen) atoms. The summed E-state index contributed by atoms with van der Waals surface area (Å²) < 4.78 is 36.1. The van der Waals surface area contributed by atoms with E-state index in [0.29, 0.717) is 11.8 Å². The van der Waals surface area contributed by atoms with Crippen LogP contribution in [0.4, 0.5) is 20.3 Å². The lowest BCUT2D eigenvalue weighted by Gasteiger charge is -2.13. The molecule has 0 saturated heterocycles. The summed E-state index contributed by atoms with van der Waals surface area (Å²) in [6, 6.07) is 4.20. The quantitative estimate of drug-likeness (QED) is 0.640. The van der Waals surface area contributed by atoms with E-state index in [0.717, 1.165) is 23.9 Å². The summed E-state index contributed by atoms with van der Waals surface area (Å²) in [7, 11) is 0. The minimum atomic E-state index is -1.20. The molecule has 2 N–H and O–H groups in total. The number of anilines is 2. The minimum absolute atomic E-state index is 0.0393. The van der Waals surface area contributed by atoms with Crippen LogP contribution in [-0.2, 0) is 19.1 Å². The highest BCUT2D eigenvalue weighted by Gasteiger charge is 2.19. The van der Waals surface area contributed by atoms with Gasteiger partial charge in [-0.15, -0.1) is 11.8 Å². The van der Waals surface area contributed by atoms with Gasteiger partial charge in [0, 0.05) is 12.1 Å². The van der Waals surface area contributed by atoms with E-state index in [1.165, 1.54) is 6.92 Å². The van der Waals surface area contributed by atoms with Gasteiger partial charge in [0.25, 0.3) is 5.91 Å². The lowest BCUT2D eigenvalue weighted by atomic mass is 10.2. The first-order valence-corrected chi connectivity index (χ1v) is 9.16. The summed E-state index contributed by atoms with van der Waals surface area (Å²) >= 11 is 0.979. The SMILES string of the molecule is Cc1cc(NC(=O)CSCC(=O)O[C@H](C)C(=O)Nc2ccc(F)cc2F)no1. The molecule has 150 valence electrons. The third-order valence-electron chi connectivity index (χ3n) is 3.21. The van der Waals surface area contributed by atoms with E-state index < -0.39 is 29.6 Å². The van der Waals surface area contributed by atoms with Crippen LogP contribution in [0.1, 0.15) is 12.7 Å². The maximum Gasteiger partial charge on any atom is 0.316 e. The monoisotopic (exact) mass is 413 g/mol. The molecule has 11 heteroatoms. The van der Waals surface area contributed by atoms with Crippen molar-refractivity contribution in [3.63, 3.8) is 0 Å². The van der Waals surface area contributed by atoms with Gasteiger partial charge in [0.2, 0.25) is 5.91 Å². The molecule has 1 aromatic heterocycles. The summed E-state index contributed by atoms with van der Waals surface area (Å²) in [6.07, 6.45) is -1.20. The molecule has 0 fully saturated rings. The molecular weight excluding hydrogens is 396 g/mol. The van der Waals surface area contributed by atoms with E-state index in [9.17, 15) is 23.2 Å². The fourth-order valence-corrected chi connectivity index (χ4v) is 2.54. The number of aryl methyl sites for hydroxylation is 1. The summed E-state index contributed by atoms with van der Waals surface area (Å²) in [6.45, 7) is 2.98. The Balaban J connectivity index is 1.71. The van der Waals surface area contributed by atoms with Crippen LogP contribution < -0.4 is 10.6 Å². The molecule has 0 spiro atoms. The van der Waals surface area contributed by atoms with Crippen LogP contribution in [0.15, 0.2) is 28.8 Å². The number of ether oxygens (including phenoxy) is 1. The molecule has 8 nitrogen and oxygen atoms in total. The van der Waals surface area contributed by atoms with Crippen molar-refractivity contribution < 1.29 is 32.4 Å². The summed E-state index contributed by atoms with van der Waals surface area (Å²) in [5.74, 6) is -3.02. The van der Waals surface area contributed by atoms with E-state index in [1.54, 1.807) is 13.0 Å². The number of halogens is 2. The van der Waals surface area contributed by atoms with E-state index >= 15 is 0 Å². The van der Waals surface area contributed by atoms with Crippen molar-refractivity contribution in [3.8, 4) is 0 Å². The summed E-state index contributed by atoms with van der Waals surface area (Å²) in [5.41, 5.74) is -0.233. The zero-order valence-electron chi connectivity index (χ0n) is 15.0. The number of benzene rings is 1. The molecule has 0 radical (unpaired) electrons. The fourth-order valence-electron chi connectivity index (χ4n) is 1.94. The van der Waals surface area contributed by atoms with E-state index in [1.807, 2.05) is 0 Å². The van der Waals surface area contributed by atoms with Crippen molar-refractivity contribution in [1.82, 2.24) is 5.16 Å². The highest BCUT2D eigenvalue weighted by Crippen LogP contribution is 2.15. The highest BCUT2D eigenvalue weighted by atomic mass is 32.2. The van der Waals surface area contributed by atoms with Crippen molar-refractivity contribution >= 4 is 41.1 Å². The minimum Gasteiger partial charge on any atom is -0.452 e. The van der Waals surface area contributed by atoms with Gasteiger partial charge in [-0.2, -0.15) is 0 Å². The molecule has 1 atom stereocenters. The van der Waals surface area contributed by atoms with E-state index in [2.05, 4.69) is 15.8 Å². The number of carbonyl (C=O) groups excluding carboxylic acids is 3. The fraction of sp³-hybridized carbons (Fsp3) is 0.294. The van der Waals surface area contributed by atoms with Crippen molar-refractivity contribution in [3.05, 3.63) is 41.7 Å². The number of amides is 2. The Kier molecular flexibility index (Phi) is 7.50. The van der Waals surface area contributed by atoms with Crippen LogP contribution in [-0.4, -0.2) is 40.6 Å². The second-order valence-electron chi connectivity index (χ2n) is 5.61. The van der Waals surface area contributed by atoms with Crippen molar-refractivity contribution in [2.24, 2.45) is 0 Å². The van der Waals surface area contributed by atoms with Crippen LogP contribution in [0.3, 0.4) is 0 Å². The largest absolute Gasteiger partial charge is 0.452 e. The lowest BCUT2D eigenvalue weighted by Crippen LogP contribution is -2.31. The van der Waals surface area contributed by atoms with Crippen molar-refractivity contribution in [1.29, 1.82) is 0 Å². The number of hydrogen-bond acceptors (Lipinski definition) is 7. The second kappa shape index (κ2) is 9.83. The maximum atomic E-state index is 13.5. The highest BCUT2D eigenvalue weighted by molar-refractivity contribution is 8.00. The molecule has 1 heterocycles. The van der Waals surface area contributed by atoms with Crippen LogP contribution in [0.5, 0.6) is 0 Å². The maximum absolute atomic E-state index is 13.5. The molecule has 1 aromatic carbocycles. The lowest BCUT2D eigenvalue weighted by molar-refractivity contribution is -0.150. The molecular formula is C17H17F2N3O5S. The molecule has 0 aliphatic rings. The number of hydrogen-bond donors (Lipinski definition) is 2. The van der Waals surface area contributed by atoms with E-state index in [-0.39, 0.29) is 28.9 Å². The zero-order chi connectivity index (χ0) is 20.7. The summed E-state index contributed by atoms with van der Waals surface area (Å²) in [4.78, 5) is 35.4. The van der Waals surface area contributed by atoms with Crippen molar-refractivity contribution in [2.45, 2.75) is 20.0 Å². The Morgan fingerprint density at radius 1 is 1.21 bits per heavy atom. The number of aromatic nitrogens is 1. The Morgan fingerprint density at radius 3 is 2.61 bits per heavy atom. The molecule has 0 saturated carbocycles. The number of esters is 1. The van der Waals surface area contributed by atoms with Gasteiger partial charge in [-0.3, -0.25) is 14.4 Å². The standard InChI is InChI=1S/C17H17F2N3O5S/c1-9-5-14(22-27-9)21-15(23)7-28-8-16(24)26-10(2)17(25)20-13-4-3-11(18)6-12(13)19/h3-6,10H,7-8H2,1-2H3,(H,20,25)(H,21,22,23)/t10-/m1/s1. The van der Waals surface area contributed by atoms with Gasteiger partial charge >= 0.3 is 5.97 Å². The third kappa shape index (κ3) is 6.65. The molecule has 2 amide bonds. The first-order valence-electron chi connectivity index (χ1n) is 8.01. The van der Waals surface area contributed by atoms with Gasteiger partial charge in [0.05, 0.1) is 17.2 Å². The molecule has 0 aliphatic carbocycles. The van der Waals surface area contributed by atoms with Crippen LogP contribution >= 0.6 is 11.8 Å². The van der Waals surface area contributed by atoms with Crippen molar-refractivity contribution in [2.75, 3.05) is 22.1 Å². The van der Waals surface area contributed by atoms with Gasteiger partial charge in [-0.25, -0.2) is 8.78 Å². The van der Waals surface area contributed by atoms with Gasteiger partial charge < -0.3 is 19.9 Å². The topological polar surface area (TPSA) is 111 Å². The van der Waals surface area contributed by atoms with Crippen LogP contribution in [0.2, 0.25) is 0 Å². The third-order valence-corrected chi connectivity index (χ3v) is 4.12. The first kappa shape index (κ1) is 21.4. The van der Waals surface area contributed by atoms with E-state index in [4.69, 9.17) is 9.26 Å². The molecule has 0 unspecified atom stereocenters. The number of carbonyl (C=O) groups is 3. The number of thioether (sulfide) groups is 1. The smallest absolute Gasteiger partial charge is 0.316 e. The first-order chi connectivity index (χ1) is 13.2. The van der Waals surface area contributed by atoms with Crippen LogP contribution in [0, 0.1) is 18.6 Å². The molecule has 2 aromatic rings. The van der Waals surface area contributed by atoms with Gasteiger partial charge in [-0.1, -0.05) is 5.16 Å². The summed E-state index contributed by atoms with van der Waals surface area (Å²) in [5, 5.41) is 8.29. The predicted molar refractivity (Wildman–Crippen MR) is 97.7 cm³/mol. The Labute approximate surface area is 163 Å². The van der Waals surface area contributed by atoms with Crippen LogP contribution in [0.25, 0.3) is 0 Å². The number of rotatable bonds is 8. The Bertz CT molecular complexity index is 874. The normalized spacial score (nSPS) is 11.6. The van der Waals surface area contributed by atoms with Gasteiger partial charge in [0.1, 0.15) is 17.4 Å². The Morgan fingerprint density at radius 2 is 1.96 bits per heavy atom. The Hall–Kier alpha value is -2.95. The predicted octanol–water partition coefficient (Wildman–Crippen LogP) is 2.50. The molecule has 0 aliphatic heterocycles. The zero-order valence-corrected chi connectivity index (χ0v) is 15.8. The average Bonchev–Trinajstić information content (AvgIpc) is 3.01. The van der Waals surface area contributed by atoms with Gasteiger partial charge in [0.15, 0.2) is 11.9 Å². The number of nitrogens with zero attached hydrogens (tertiary/aromatic N) is 1. The van der Waals surface area contributed by atoms with Gasteiger partial charge in [-0.05, 0) is 26.0 Å². The average molecular weight is 413 g/mol. The number of nitrogens with one attached hydrogen (secondary N) is 2. The second-order valence-corrected chi connectivity index (χ2v) is 6.59. The molecule has 0 bridgehead atoms.